The Morgan fingerprint density at radius 2 is 1.71 bits per heavy atom. The lowest BCUT2D eigenvalue weighted by Crippen LogP contribution is -2.27. The molecule has 3 nitrogen and oxygen atoms in total. The van der Waals surface area contributed by atoms with Crippen molar-refractivity contribution in [2.75, 3.05) is 11.9 Å². The zero-order chi connectivity index (χ0) is 14.8. The van der Waals surface area contributed by atoms with Crippen molar-refractivity contribution in [3.63, 3.8) is 0 Å². The molecular weight excluding hydrogens is 267 g/mol. The summed E-state index contributed by atoms with van der Waals surface area (Å²) in [6.07, 6.45) is 1.63. The average molecular weight is 280 g/mol. The van der Waals surface area contributed by atoms with Gasteiger partial charge in [0.25, 0.3) is 5.91 Å². The summed E-state index contributed by atoms with van der Waals surface area (Å²) in [5.41, 5.74) is 0.458. The molecule has 0 N–H and O–H groups in total. The monoisotopic (exact) mass is 280 g/mol. The minimum absolute atomic E-state index is 0.218. The molecule has 0 aliphatic heterocycles. The Morgan fingerprint density at radius 1 is 1.00 bits per heavy atom. The topological polar surface area (TPSA) is 33.2 Å². The van der Waals surface area contributed by atoms with Crippen LogP contribution in [0.4, 0.5) is 10.2 Å². The van der Waals surface area contributed by atoms with E-state index >= 15 is 0 Å². The van der Waals surface area contributed by atoms with E-state index in [0.717, 1.165) is 0 Å². The number of carbonyl (C=O) groups is 1. The molecule has 0 aliphatic carbocycles. The first-order valence-corrected chi connectivity index (χ1v) is 6.55. The summed E-state index contributed by atoms with van der Waals surface area (Å²) in [6, 6.07) is 15.1. The molecule has 3 aromatic rings. The number of hydrogen-bond acceptors (Lipinski definition) is 2. The van der Waals surface area contributed by atoms with Crippen LogP contribution < -0.4 is 4.90 Å². The number of benzene rings is 2. The summed E-state index contributed by atoms with van der Waals surface area (Å²) in [5, 5.41) is 1.04. The van der Waals surface area contributed by atoms with Crippen LogP contribution in [0, 0.1) is 5.82 Å². The van der Waals surface area contributed by atoms with Crippen molar-refractivity contribution in [1.29, 1.82) is 0 Å². The maximum atomic E-state index is 13.8. The number of amides is 1. The van der Waals surface area contributed by atoms with Crippen molar-refractivity contribution in [2.24, 2.45) is 0 Å². The van der Waals surface area contributed by atoms with E-state index in [1.807, 2.05) is 6.07 Å². The minimum atomic E-state index is -0.331. The highest BCUT2D eigenvalue weighted by Crippen LogP contribution is 2.23. The highest BCUT2D eigenvalue weighted by molar-refractivity contribution is 6.13. The molecule has 0 spiro atoms. The maximum absolute atomic E-state index is 13.8. The Bertz CT molecular complexity index is 802. The van der Waals surface area contributed by atoms with Crippen LogP contribution in [0.25, 0.3) is 10.8 Å². The molecule has 1 aromatic heterocycles. The molecule has 4 heteroatoms. The van der Waals surface area contributed by atoms with Gasteiger partial charge in [-0.25, -0.2) is 9.37 Å². The molecule has 1 heterocycles. The van der Waals surface area contributed by atoms with Gasteiger partial charge in [0.15, 0.2) is 0 Å². The van der Waals surface area contributed by atoms with Crippen molar-refractivity contribution < 1.29 is 9.18 Å². The van der Waals surface area contributed by atoms with Crippen molar-refractivity contribution in [3.8, 4) is 0 Å². The number of rotatable bonds is 2. The van der Waals surface area contributed by atoms with Crippen LogP contribution >= 0.6 is 0 Å². The van der Waals surface area contributed by atoms with E-state index in [2.05, 4.69) is 4.98 Å². The van der Waals surface area contributed by atoms with Gasteiger partial charge in [-0.2, -0.15) is 0 Å². The van der Waals surface area contributed by atoms with Crippen LogP contribution in [0.2, 0.25) is 0 Å². The number of pyridine rings is 1. The van der Waals surface area contributed by atoms with E-state index in [9.17, 15) is 9.18 Å². The van der Waals surface area contributed by atoms with E-state index in [1.165, 1.54) is 17.0 Å². The van der Waals surface area contributed by atoms with E-state index in [0.29, 0.717) is 22.2 Å². The van der Waals surface area contributed by atoms with Crippen molar-refractivity contribution in [2.45, 2.75) is 0 Å². The molecule has 0 bridgehead atoms. The molecule has 0 aliphatic rings. The molecule has 104 valence electrons. The van der Waals surface area contributed by atoms with Crippen LogP contribution in [0.15, 0.2) is 60.8 Å². The number of halogens is 1. The second-order valence-electron chi connectivity index (χ2n) is 4.69. The predicted octanol–water partition coefficient (Wildman–Crippen LogP) is 3.65. The zero-order valence-electron chi connectivity index (χ0n) is 11.5. The number of carbonyl (C=O) groups excluding carboxylic acids is 1. The quantitative estimate of drug-likeness (QED) is 0.718. The van der Waals surface area contributed by atoms with Crippen LogP contribution in [0.1, 0.15) is 10.4 Å². The van der Waals surface area contributed by atoms with Gasteiger partial charge >= 0.3 is 0 Å². The summed E-state index contributed by atoms with van der Waals surface area (Å²) < 4.78 is 13.8. The number of fused-ring (bicyclic) bond motifs is 1. The molecule has 3 rings (SSSR count). The first-order valence-electron chi connectivity index (χ1n) is 6.55. The Labute approximate surface area is 121 Å². The van der Waals surface area contributed by atoms with E-state index in [1.54, 1.807) is 49.6 Å². The van der Waals surface area contributed by atoms with Crippen molar-refractivity contribution in [3.05, 3.63) is 72.2 Å². The van der Waals surface area contributed by atoms with Gasteiger partial charge in [0.2, 0.25) is 0 Å². The summed E-state index contributed by atoms with van der Waals surface area (Å²) in [7, 11) is 1.66. The highest BCUT2D eigenvalue weighted by atomic mass is 19.1. The number of hydrogen-bond donors (Lipinski definition) is 0. The van der Waals surface area contributed by atoms with Gasteiger partial charge in [-0.05, 0) is 29.7 Å². The average Bonchev–Trinajstić information content (AvgIpc) is 2.55. The first kappa shape index (κ1) is 13.2. The Morgan fingerprint density at radius 3 is 2.43 bits per heavy atom. The van der Waals surface area contributed by atoms with Gasteiger partial charge in [0.1, 0.15) is 11.6 Å². The molecule has 2 aromatic carbocycles. The number of anilines is 1. The molecule has 21 heavy (non-hydrogen) atoms. The Kier molecular flexibility index (Phi) is 3.36. The summed E-state index contributed by atoms with van der Waals surface area (Å²) >= 11 is 0. The lowest BCUT2D eigenvalue weighted by Gasteiger charge is -2.17. The molecule has 1 amide bonds. The third-order valence-corrected chi connectivity index (χ3v) is 3.40. The van der Waals surface area contributed by atoms with Crippen molar-refractivity contribution in [1.82, 2.24) is 4.98 Å². The normalized spacial score (nSPS) is 10.6. The Hall–Kier alpha value is -2.75. The largest absolute Gasteiger partial charge is 0.296 e. The second-order valence-corrected chi connectivity index (χ2v) is 4.69. The number of aromatic nitrogens is 1. The summed E-state index contributed by atoms with van der Waals surface area (Å²) in [5.74, 6) is 0.00319. The third kappa shape index (κ3) is 2.36. The van der Waals surface area contributed by atoms with Gasteiger partial charge in [-0.15, -0.1) is 0 Å². The molecule has 0 atom stereocenters. The van der Waals surface area contributed by atoms with Crippen LogP contribution in [-0.2, 0) is 0 Å². The van der Waals surface area contributed by atoms with Crippen LogP contribution in [-0.4, -0.2) is 17.9 Å². The first-order chi connectivity index (χ1) is 10.2. The lowest BCUT2D eigenvalue weighted by molar-refractivity contribution is 0.0994. The standard InChI is InChI=1S/C17H13FN2O/c1-20(16-8-4-5-11-19-16)17(21)14-9-10-15(18)13-7-3-2-6-12(13)14/h2-11H,1H3. The molecule has 0 saturated carbocycles. The fourth-order valence-electron chi connectivity index (χ4n) is 2.29. The molecular formula is C17H13FN2O. The number of nitrogens with zero attached hydrogens (tertiary/aromatic N) is 2. The fraction of sp³-hybridized carbons (Fsp3) is 0.0588. The maximum Gasteiger partial charge on any atom is 0.259 e. The molecule has 0 saturated heterocycles. The van der Waals surface area contributed by atoms with E-state index in [4.69, 9.17) is 0 Å². The lowest BCUT2D eigenvalue weighted by atomic mass is 10.0. The van der Waals surface area contributed by atoms with Gasteiger partial charge in [-0.1, -0.05) is 30.3 Å². The summed E-state index contributed by atoms with van der Waals surface area (Å²) in [6.45, 7) is 0. The van der Waals surface area contributed by atoms with Gasteiger partial charge < -0.3 is 0 Å². The van der Waals surface area contributed by atoms with E-state index in [-0.39, 0.29) is 11.7 Å². The van der Waals surface area contributed by atoms with Crippen molar-refractivity contribution >= 4 is 22.5 Å². The van der Waals surface area contributed by atoms with Crippen LogP contribution in [0.5, 0.6) is 0 Å². The highest BCUT2D eigenvalue weighted by Gasteiger charge is 2.17. The molecule has 0 unspecified atom stereocenters. The predicted molar refractivity (Wildman–Crippen MR) is 80.9 cm³/mol. The molecule has 0 fully saturated rings. The SMILES string of the molecule is CN(C(=O)c1ccc(F)c2ccccc12)c1ccccn1. The van der Waals surface area contributed by atoms with E-state index < -0.39 is 0 Å². The van der Waals surface area contributed by atoms with Gasteiger partial charge in [-0.3, -0.25) is 9.69 Å². The summed E-state index contributed by atoms with van der Waals surface area (Å²) in [4.78, 5) is 18.2. The fourth-order valence-corrected chi connectivity index (χ4v) is 2.29. The third-order valence-electron chi connectivity index (χ3n) is 3.40. The zero-order valence-corrected chi connectivity index (χ0v) is 11.5. The minimum Gasteiger partial charge on any atom is -0.296 e. The smallest absolute Gasteiger partial charge is 0.259 e. The van der Waals surface area contributed by atoms with Gasteiger partial charge in [0.05, 0.1) is 0 Å². The van der Waals surface area contributed by atoms with Gasteiger partial charge in [0, 0.05) is 24.2 Å². The van der Waals surface area contributed by atoms with Crippen LogP contribution in [0.3, 0.4) is 0 Å². The molecule has 0 radical (unpaired) electrons. The second kappa shape index (κ2) is 5.32. The Balaban J connectivity index is 2.09.